The summed E-state index contributed by atoms with van der Waals surface area (Å²) < 4.78 is 5.21. The van der Waals surface area contributed by atoms with Crippen LogP contribution in [0.2, 0.25) is 0 Å². The van der Waals surface area contributed by atoms with E-state index in [1.54, 1.807) is 12.1 Å². The summed E-state index contributed by atoms with van der Waals surface area (Å²) in [6.45, 7) is 4.69. The van der Waals surface area contributed by atoms with E-state index >= 15 is 0 Å². The Hall–Kier alpha value is -1.51. The van der Waals surface area contributed by atoms with Gasteiger partial charge in [0.05, 0.1) is 12.2 Å². The zero-order valence-corrected chi connectivity index (χ0v) is 10.5. The minimum atomic E-state index is -0.326. The molecule has 0 amide bonds. The number of benzene rings is 1. The third kappa shape index (κ3) is 4.89. The van der Waals surface area contributed by atoms with Crippen LogP contribution in [0.5, 0.6) is 5.75 Å². The van der Waals surface area contributed by atoms with Crippen molar-refractivity contribution in [1.82, 2.24) is 0 Å². The van der Waals surface area contributed by atoms with Gasteiger partial charge < -0.3 is 9.84 Å². The second kappa shape index (κ2) is 6.94. The standard InChI is InChI=1S/C14H20O3/c1-3-4-5-11(2)10-17-14(16)12-6-8-13(15)9-7-12/h6-9,11,15H,3-5,10H2,1-2H3. The molecule has 1 aromatic carbocycles. The zero-order valence-electron chi connectivity index (χ0n) is 10.5. The van der Waals surface area contributed by atoms with Crippen LogP contribution in [0.3, 0.4) is 0 Å². The van der Waals surface area contributed by atoms with Gasteiger partial charge in [-0.2, -0.15) is 0 Å². The second-order valence-electron chi connectivity index (χ2n) is 4.39. The van der Waals surface area contributed by atoms with Crippen LogP contribution >= 0.6 is 0 Å². The molecule has 0 saturated carbocycles. The number of rotatable bonds is 6. The molecular weight excluding hydrogens is 216 g/mol. The van der Waals surface area contributed by atoms with Crippen molar-refractivity contribution < 1.29 is 14.6 Å². The van der Waals surface area contributed by atoms with Crippen LogP contribution in [0.4, 0.5) is 0 Å². The Kier molecular flexibility index (Phi) is 5.53. The molecule has 1 atom stereocenters. The van der Waals surface area contributed by atoms with Gasteiger partial charge in [0.2, 0.25) is 0 Å². The first-order valence-corrected chi connectivity index (χ1v) is 6.09. The lowest BCUT2D eigenvalue weighted by atomic mass is 10.1. The first-order valence-electron chi connectivity index (χ1n) is 6.09. The summed E-state index contributed by atoms with van der Waals surface area (Å²) in [4.78, 5) is 11.6. The van der Waals surface area contributed by atoms with Crippen molar-refractivity contribution in [3.8, 4) is 5.75 Å². The van der Waals surface area contributed by atoms with Gasteiger partial charge in [-0.05, 0) is 36.6 Å². The molecule has 1 rings (SSSR count). The molecular formula is C14H20O3. The van der Waals surface area contributed by atoms with Gasteiger partial charge in [-0.15, -0.1) is 0 Å². The molecule has 3 nitrogen and oxygen atoms in total. The summed E-state index contributed by atoms with van der Waals surface area (Å²) in [6, 6.07) is 6.09. The number of aromatic hydroxyl groups is 1. The van der Waals surface area contributed by atoms with Gasteiger partial charge in [-0.3, -0.25) is 0 Å². The molecule has 1 aromatic rings. The molecule has 0 aliphatic heterocycles. The fourth-order valence-corrected chi connectivity index (χ4v) is 1.53. The number of ether oxygens (including phenoxy) is 1. The highest BCUT2D eigenvalue weighted by Gasteiger charge is 2.09. The average molecular weight is 236 g/mol. The van der Waals surface area contributed by atoms with E-state index in [2.05, 4.69) is 13.8 Å². The SMILES string of the molecule is CCCCC(C)COC(=O)c1ccc(O)cc1. The Morgan fingerprint density at radius 3 is 2.59 bits per heavy atom. The Labute approximate surface area is 102 Å². The predicted molar refractivity (Wildman–Crippen MR) is 67.1 cm³/mol. The Balaban J connectivity index is 2.36. The Morgan fingerprint density at radius 2 is 2.00 bits per heavy atom. The van der Waals surface area contributed by atoms with Gasteiger partial charge in [0.1, 0.15) is 5.75 Å². The van der Waals surface area contributed by atoms with E-state index in [0.717, 1.165) is 19.3 Å². The molecule has 0 aliphatic carbocycles. The summed E-state index contributed by atoms with van der Waals surface area (Å²) >= 11 is 0. The summed E-state index contributed by atoms with van der Waals surface area (Å²) in [7, 11) is 0. The van der Waals surface area contributed by atoms with Crippen molar-refractivity contribution in [1.29, 1.82) is 0 Å². The van der Waals surface area contributed by atoms with Crippen molar-refractivity contribution >= 4 is 5.97 Å². The quantitative estimate of drug-likeness (QED) is 0.770. The number of unbranched alkanes of at least 4 members (excludes halogenated alkanes) is 1. The summed E-state index contributed by atoms with van der Waals surface area (Å²) in [5, 5.41) is 9.10. The van der Waals surface area contributed by atoms with Crippen LogP contribution in [-0.4, -0.2) is 17.7 Å². The maximum Gasteiger partial charge on any atom is 0.338 e. The lowest BCUT2D eigenvalue weighted by Gasteiger charge is -2.11. The molecule has 1 N–H and O–H groups in total. The van der Waals surface area contributed by atoms with Crippen molar-refractivity contribution in [2.45, 2.75) is 33.1 Å². The fourth-order valence-electron chi connectivity index (χ4n) is 1.53. The number of phenols is 1. The van der Waals surface area contributed by atoms with Gasteiger partial charge in [-0.1, -0.05) is 26.7 Å². The normalized spacial score (nSPS) is 12.1. The van der Waals surface area contributed by atoms with Gasteiger partial charge in [0.15, 0.2) is 0 Å². The molecule has 0 heterocycles. The number of esters is 1. The molecule has 0 aliphatic rings. The second-order valence-corrected chi connectivity index (χ2v) is 4.39. The maximum absolute atomic E-state index is 11.6. The fraction of sp³-hybridized carbons (Fsp3) is 0.500. The predicted octanol–water partition coefficient (Wildman–Crippen LogP) is 3.38. The van der Waals surface area contributed by atoms with Crippen LogP contribution in [0.1, 0.15) is 43.5 Å². The van der Waals surface area contributed by atoms with Crippen LogP contribution in [0, 0.1) is 5.92 Å². The van der Waals surface area contributed by atoms with E-state index in [9.17, 15) is 4.79 Å². The van der Waals surface area contributed by atoms with Crippen LogP contribution in [0.15, 0.2) is 24.3 Å². The number of carbonyl (C=O) groups excluding carboxylic acids is 1. The van der Waals surface area contributed by atoms with E-state index in [0.29, 0.717) is 18.1 Å². The van der Waals surface area contributed by atoms with Gasteiger partial charge >= 0.3 is 5.97 Å². The monoisotopic (exact) mass is 236 g/mol. The van der Waals surface area contributed by atoms with E-state index in [1.807, 2.05) is 0 Å². The maximum atomic E-state index is 11.6. The van der Waals surface area contributed by atoms with Crippen LogP contribution < -0.4 is 0 Å². The summed E-state index contributed by atoms with van der Waals surface area (Å²) in [6.07, 6.45) is 3.41. The third-order valence-corrected chi connectivity index (χ3v) is 2.65. The first kappa shape index (κ1) is 13.6. The van der Waals surface area contributed by atoms with Gasteiger partial charge in [0.25, 0.3) is 0 Å². The van der Waals surface area contributed by atoms with Crippen molar-refractivity contribution in [2.24, 2.45) is 5.92 Å². The lowest BCUT2D eigenvalue weighted by molar-refractivity contribution is 0.0443. The highest BCUT2D eigenvalue weighted by molar-refractivity contribution is 5.89. The van der Waals surface area contributed by atoms with Crippen molar-refractivity contribution in [3.05, 3.63) is 29.8 Å². The van der Waals surface area contributed by atoms with E-state index < -0.39 is 0 Å². The summed E-state index contributed by atoms with van der Waals surface area (Å²) in [5.74, 6) is 0.224. The molecule has 0 radical (unpaired) electrons. The molecule has 94 valence electrons. The molecule has 0 spiro atoms. The van der Waals surface area contributed by atoms with E-state index in [1.165, 1.54) is 12.1 Å². The molecule has 17 heavy (non-hydrogen) atoms. The van der Waals surface area contributed by atoms with Crippen LogP contribution in [-0.2, 0) is 4.74 Å². The molecule has 0 aromatic heterocycles. The Bertz CT molecular complexity index is 343. The number of carbonyl (C=O) groups is 1. The molecule has 3 heteroatoms. The third-order valence-electron chi connectivity index (χ3n) is 2.65. The number of hydrogen-bond donors (Lipinski definition) is 1. The minimum Gasteiger partial charge on any atom is -0.508 e. The molecule has 0 bridgehead atoms. The Morgan fingerprint density at radius 1 is 1.35 bits per heavy atom. The molecule has 0 saturated heterocycles. The zero-order chi connectivity index (χ0) is 12.7. The van der Waals surface area contributed by atoms with Crippen LogP contribution in [0.25, 0.3) is 0 Å². The van der Waals surface area contributed by atoms with Gasteiger partial charge in [0, 0.05) is 0 Å². The smallest absolute Gasteiger partial charge is 0.338 e. The average Bonchev–Trinajstić information content (AvgIpc) is 2.34. The van der Waals surface area contributed by atoms with Crippen molar-refractivity contribution in [3.63, 3.8) is 0 Å². The van der Waals surface area contributed by atoms with Crippen molar-refractivity contribution in [2.75, 3.05) is 6.61 Å². The highest BCUT2D eigenvalue weighted by atomic mass is 16.5. The topological polar surface area (TPSA) is 46.5 Å². The first-order chi connectivity index (χ1) is 8.13. The molecule has 0 fully saturated rings. The number of hydrogen-bond acceptors (Lipinski definition) is 3. The highest BCUT2D eigenvalue weighted by Crippen LogP contribution is 2.12. The largest absolute Gasteiger partial charge is 0.508 e. The number of phenolic OH excluding ortho intramolecular Hbond substituents is 1. The molecule has 1 unspecified atom stereocenters. The van der Waals surface area contributed by atoms with Gasteiger partial charge in [-0.25, -0.2) is 4.79 Å². The van der Waals surface area contributed by atoms with E-state index in [4.69, 9.17) is 9.84 Å². The minimum absolute atomic E-state index is 0.151. The summed E-state index contributed by atoms with van der Waals surface area (Å²) in [5.41, 5.74) is 0.477. The van der Waals surface area contributed by atoms with E-state index in [-0.39, 0.29) is 11.7 Å². The lowest BCUT2D eigenvalue weighted by Crippen LogP contribution is -2.12.